The molecule has 0 aliphatic rings. The third-order valence-electron chi connectivity index (χ3n) is 1.56. The van der Waals surface area contributed by atoms with Gasteiger partial charge >= 0.3 is 0 Å². The molecule has 1 aromatic rings. The molecule has 0 spiro atoms. The average Bonchev–Trinajstić information content (AvgIpc) is 1.94. The Balaban J connectivity index is 2.86. The van der Waals surface area contributed by atoms with Crippen molar-refractivity contribution in [3.05, 3.63) is 32.4 Å². The molecule has 0 aliphatic carbocycles. The normalized spacial score (nSPS) is 13.0. The third-order valence-corrected chi connectivity index (χ3v) is 2.80. The molecule has 1 nitrogen and oxygen atoms in total. The van der Waals surface area contributed by atoms with Gasteiger partial charge in [0.15, 0.2) is 0 Å². The lowest BCUT2D eigenvalue weighted by Gasteiger charge is -2.07. The maximum Gasteiger partial charge on any atom is 0.0416 e. The largest absolute Gasteiger partial charge is 0.328 e. The minimum Gasteiger partial charge on any atom is -0.328 e. The molecule has 2 N–H and O–H groups in total. The van der Waals surface area contributed by atoms with E-state index in [2.05, 4.69) is 22.6 Å². The van der Waals surface area contributed by atoms with Crippen LogP contribution in [0, 0.1) is 3.57 Å². The summed E-state index contributed by atoms with van der Waals surface area (Å²) in [6, 6.07) is 6.11. The molecule has 0 aromatic heterocycles. The monoisotopic (exact) mass is 295 g/mol. The summed E-state index contributed by atoms with van der Waals surface area (Å²) in [6.45, 7) is 2.00. The predicted molar refractivity (Wildman–Crippen MR) is 61.5 cm³/mol. The van der Waals surface area contributed by atoms with Crippen LogP contribution in [0.1, 0.15) is 12.5 Å². The fourth-order valence-electron chi connectivity index (χ4n) is 1.03. The SMILES string of the molecule is CC(N)Cc1ccc(Cl)cc1I. The summed E-state index contributed by atoms with van der Waals surface area (Å²) in [5, 5.41) is 0.785. The van der Waals surface area contributed by atoms with Gasteiger partial charge in [0.25, 0.3) is 0 Å². The van der Waals surface area contributed by atoms with Crippen molar-refractivity contribution in [3.8, 4) is 0 Å². The van der Waals surface area contributed by atoms with E-state index in [1.807, 2.05) is 25.1 Å². The maximum absolute atomic E-state index is 5.82. The lowest BCUT2D eigenvalue weighted by Crippen LogP contribution is -2.18. The second-order valence-corrected chi connectivity index (χ2v) is 4.52. The molecule has 12 heavy (non-hydrogen) atoms. The molecular formula is C9H11ClIN. The Hall–Kier alpha value is 0.200. The minimum atomic E-state index is 0.208. The topological polar surface area (TPSA) is 26.0 Å². The fraction of sp³-hybridized carbons (Fsp3) is 0.333. The zero-order valence-electron chi connectivity index (χ0n) is 6.85. The number of halogens is 2. The molecule has 1 aromatic carbocycles. The first-order valence-corrected chi connectivity index (χ1v) is 5.25. The van der Waals surface area contributed by atoms with Crippen molar-refractivity contribution in [2.75, 3.05) is 0 Å². The highest BCUT2D eigenvalue weighted by Crippen LogP contribution is 2.18. The van der Waals surface area contributed by atoms with E-state index in [1.54, 1.807) is 0 Å². The van der Waals surface area contributed by atoms with Gasteiger partial charge in [-0.25, -0.2) is 0 Å². The van der Waals surface area contributed by atoms with E-state index in [1.165, 1.54) is 9.13 Å². The summed E-state index contributed by atoms with van der Waals surface area (Å²) in [5.74, 6) is 0. The molecule has 0 saturated heterocycles. The van der Waals surface area contributed by atoms with Crippen LogP contribution in [-0.4, -0.2) is 6.04 Å². The van der Waals surface area contributed by atoms with E-state index in [9.17, 15) is 0 Å². The van der Waals surface area contributed by atoms with Crippen LogP contribution in [0.4, 0.5) is 0 Å². The van der Waals surface area contributed by atoms with Crippen molar-refractivity contribution in [1.29, 1.82) is 0 Å². The zero-order valence-corrected chi connectivity index (χ0v) is 9.76. The van der Waals surface area contributed by atoms with E-state index >= 15 is 0 Å². The molecule has 0 saturated carbocycles. The summed E-state index contributed by atoms with van der Waals surface area (Å²) in [5.41, 5.74) is 6.97. The molecule has 0 radical (unpaired) electrons. The maximum atomic E-state index is 5.82. The van der Waals surface area contributed by atoms with Crippen molar-refractivity contribution in [2.45, 2.75) is 19.4 Å². The van der Waals surface area contributed by atoms with Crippen LogP contribution in [0.3, 0.4) is 0 Å². The van der Waals surface area contributed by atoms with E-state index in [0.717, 1.165) is 11.4 Å². The fourth-order valence-corrected chi connectivity index (χ4v) is 2.13. The van der Waals surface area contributed by atoms with Crippen LogP contribution in [0.5, 0.6) is 0 Å². The molecular weight excluding hydrogens is 284 g/mol. The smallest absolute Gasteiger partial charge is 0.0416 e. The van der Waals surface area contributed by atoms with Gasteiger partial charge in [-0.05, 0) is 53.6 Å². The van der Waals surface area contributed by atoms with Crippen LogP contribution in [0.2, 0.25) is 5.02 Å². The van der Waals surface area contributed by atoms with Gasteiger partial charge < -0.3 is 5.73 Å². The van der Waals surface area contributed by atoms with E-state index in [4.69, 9.17) is 17.3 Å². The van der Waals surface area contributed by atoms with Crippen LogP contribution in [0.25, 0.3) is 0 Å². The standard InChI is InChI=1S/C9H11ClIN/c1-6(12)4-7-2-3-8(10)5-9(7)11/h2-3,5-6H,4,12H2,1H3. The Labute approximate surface area is 91.4 Å². The summed E-state index contributed by atoms with van der Waals surface area (Å²) in [7, 11) is 0. The van der Waals surface area contributed by atoms with Gasteiger partial charge in [-0.1, -0.05) is 17.7 Å². The Bertz CT molecular complexity index is 273. The molecule has 66 valence electrons. The second kappa shape index (κ2) is 4.44. The van der Waals surface area contributed by atoms with Crippen molar-refractivity contribution >= 4 is 34.2 Å². The predicted octanol–water partition coefficient (Wildman–Crippen LogP) is 2.83. The number of hydrogen-bond donors (Lipinski definition) is 1. The van der Waals surface area contributed by atoms with Crippen LogP contribution < -0.4 is 5.73 Å². The van der Waals surface area contributed by atoms with Crippen molar-refractivity contribution in [2.24, 2.45) is 5.73 Å². The van der Waals surface area contributed by atoms with Crippen LogP contribution >= 0.6 is 34.2 Å². The third kappa shape index (κ3) is 2.92. The van der Waals surface area contributed by atoms with Crippen molar-refractivity contribution in [1.82, 2.24) is 0 Å². The molecule has 1 rings (SSSR count). The number of benzene rings is 1. The van der Waals surface area contributed by atoms with Gasteiger partial charge in [-0.2, -0.15) is 0 Å². The molecule has 0 bridgehead atoms. The Morgan fingerprint density at radius 3 is 2.75 bits per heavy atom. The molecule has 0 aliphatic heterocycles. The Morgan fingerprint density at radius 1 is 1.58 bits per heavy atom. The van der Waals surface area contributed by atoms with Gasteiger partial charge in [0, 0.05) is 14.6 Å². The van der Waals surface area contributed by atoms with Gasteiger partial charge in [0.1, 0.15) is 0 Å². The molecule has 1 atom stereocenters. The highest BCUT2D eigenvalue weighted by Gasteiger charge is 2.02. The van der Waals surface area contributed by atoms with E-state index in [0.29, 0.717) is 0 Å². The first kappa shape index (κ1) is 10.3. The zero-order chi connectivity index (χ0) is 9.14. The van der Waals surface area contributed by atoms with E-state index < -0.39 is 0 Å². The second-order valence-electron chi connectivity index (χ2n) is 2.92. The van der Waals surface area contributed by atoms with Gasteiger partial charge in [0.05, 0.1) is 0 Å². The van der Waals surface area contributed by atoms with Crippen LogP contribution in [-0.2, 0) is 6.42 Å². The number of nitrogens with two attached hydrogens (primary N) is 1. The molecule has 0 fully saturated rings. The highest BCUT2D eigenvalue weighted by atomic mass is 127. The van der Waals surface area contributed by atoms with E-state index in [-0.39, 0.29) is 6.04 Å². The summed E-state index contributed by atoms with van der Waals surface area (Å²) >= 11 is 8.10. The molecule has 3 heteroatoms. The average molecular weight is 296 g/mol. The summed E-state index contributed by atoms with van der Waals surface area (Å²) < 4.78 is 1.19. The number of rotatable bonds is 2. The summed E-state index contributed by atoms with van der Waals surface area (Å²) in [6.07, 6.45) is 0.912. The van der Waals surface area contributed by atoms with Gasteiger partial charge in [-0.3, -0.25) is 0 Å². The molecule has 1 unspecified atom stereocenters. The lowest BCUT2D eigenvalue weighted by atomic mass is 10.1. The van der Waals surface area contributed by atoms with Crippen molar-refractivity contribution < 1.29 is 0 Å². The van der Waals surface area contributed by atoms with Gasteiger partial charge in [0.2, 0.25) is 0 Å². The van der Waals surface area contributed by atoms with Crippen LogP contribution in [0.15, 0.2) is 18.2 Å². The quantitative estimate of drug-likeness (QED) is 0.834. The van der Waals surface area contributed by atoms with Gasteiger partial charge in [-0.15, -0.1) is 0 Å². The Morgan fingerprint density at radius 2 is 2.25 bits per heavy atom. The minimum absolute atomic E-state index is 0.208. The first-order chi connectivity index (χ1) is 5.59. The molecule has 0 heterocycles. The summed E-state index contributed by atoms with van der Waals surface area (Å²) in [4.78, 5) is 0. The first-order valence-electron chi connectivity index (χ1n) is 3.79. The highest BCUT2D eigenvalue weighted by molar-refractivity contribution is 14.1. The lowest BCUT2D eigenvalue weighted by molar-refractivity contribution is 0.736. The van der Waals surface area contributed by atoms with Crippen molar-refractivity contribution in [3.63, 3.8) is 0 Å². The molecule has 0 amide bonds. The Kier molecular flexibility index (Phi) is 3.80. The number of hydrogen-bond acceptors (Lipinski definition) is 1.